The predicted molar refractivity (Wildman–Crippen MR) is 110 cm³/mol. The van der Waals surface area contributed by atoms with Gasteiger partial charge in [0.1, 0.15) is 0 Å². The Morgan fingerprint density at radius 2 is 1.85 bits per heavy atom. The fourth-order valence-corrected chi connectivity index (χ4v) is 5.53. The van der Waals surface area contributed by atoms with E-state index in [2.05, 4.69) is 40.7 Å². The van der Waals surface area contributed by atoms with Crippen molar-refractivity contribution in [3.63, 3.8) is 0 Å². The molecular weight excluding hydrogens is 340 g/mol. The number of allylic oxidation sites excluding steroid dienone is 2. The van der Waals surface area contributed by atoms with Gasteiger partial charge in [-0.3, -0.25) is 5.73 Å². The minimum Gasteiger partial charge on any atom is -0.268 e. The van der Waals surface area contributed by atoms with Crippen LogP contribution >= 0.6 is 0 Å². The van der Waals surface area contributed by atoms with Crippen LogP contribution in [0.15, 0.2) is 24.3 Å². The molecule has 2 aliphatic carbocycles. The Hall–Kier alpha value is -1.22. The van der Waals surface area contributed by atoms with Gasteiger partial charge < -0.3 is 0 Å². The molecule has 2 unspecified atom stereocenters. The molecule has 2 N–H and O–H groups in total. The number of nitrogens with two attached hydrogens (primary N) is 1. The molecule has 1 saturated carbocycles. The molecule has 3 rings (SSSR count). The van der Waals surface area contributed by atoms with Crippen molar-refractivity contribution in [2.45, 2.75) is 85.1 Å². The molecule has 0 aromatic heterocycles. The summed E-state index contributed by atoms with van der Waals surface area (Å²) in [7, 11) is 0. The Bertz CT molecular complexity index is 722. The van der Waals surface area contributed by atoms with Crippen LogP contribution in [-0.4, -0.2) is 0 Å². The average Bonchev–Trinajstić information content (AvgIpc) is 3.38. The molecule has 1 aromatic rings. The van der Waals surface area contributed by atoms with Crippen molar-refractivity contribution in [2.75, 3.05) is 0 Å². The SMILES string of the molecule is CCCC(C)(C)/C=C1\CC(CC)(CC)C2CC2c2cc(C(N)(F)F)ccc21. The smallest absolute Gasteiger partial charge is 0.268 e. The van der Waals surface area contributed by atoms with Crippen molar-refractivity contribution in [1.29, 1.82) is 0 Å². The summed E-state index contributed by atoms with van der Waals surface area (Å²) in [4.78, 5) is 0. The van der Waals surface area contributed by atoms with Gasteiger partial charge >= 0.3 is 6.05 Å². The maximum absolute atomic E-state index is 13.8. The molecular formula is C24H35F2N. The first-order valence-electron chi connectivity index (χ1n) is 10.6. The molecule has 0 amide bonds. The van der Waals surface area contributed by atoms with Crippen molar-refractivity contribution in [3.05, 3.63) is 41.0 Å². The maximum atomic E-state index is 13.8. The highest BCUT2D eigenvalue weighted by atomic mass is 19.3. The van der Waals surface area contributed by atoms with E-state index in [1.54, 1.807) is 6.07 Å². The van der Waals surface area contributed by atoms with Crippen molar-refractivity contribution >= 4 is 5.57 Å². The van der Waals surface area contributed by atoms with E-state index >= 15 is 0 Å². The van der Waals surface area contributed by atoms with Crippen molar-refractivity contribution in [2.24, 2.45) is 22.5 Å². The third kappa shape index (κ3) is 3.85. The molecule has 0 radical (unpaired) electrons. The monoisotopic (exact) mass is 375 g/mol. The first kappa shape index (κ1) is 20.5. The molecule has 0 spiro atoms. The van der Waals surface area contributed by atoms with Gasteiger partial charge in [0.15, 0.2) is 0 Å². The van der Waals surface area contributed by atoms with E-state index in [1.807, 2.05) is 6.07 Å². The number of fused-ring (bicyclic) bond motifs is 3. The van der Waals surface area contributed by atoms with Gasteiger partial charge in [0, 0.05) is 5.56 Å². The van der Waals surface area contributed by atoms with Crippen LogP contribution < -0.4 is 5.73 Å². The van der Waals surface area contributed by atoms with Crippen LogP contribution in [0.4, 0.5) is 8.78 Å². The maximum Gasteiger partial charge on any atom is 0.326 e. The third-order valence-electron chi connectivity index (χ3n) is 7.17. The Morgan fingerprint density at radius 1 is 1.19 bits per heavy atom. The van der Waals surface area contributed by atoms with Gasteiger partial charge in [0.25, 0.3) is 0 Å². The summed E-state index contributed by atoms with van der Waals surface area (Å²) in [5, 5.41) is 0. The average molecular weight is 376 g/mol. The molecule has 1 fully saturated rings. The van der Waals surface area contributed by atoms with E-state index in [0.29, 0.717) is 11.8 Å². The second-order valence-corrected chi connectivity index (χ2v) is 9.53. The quantitative estimate of drug-likeness (QED) is 0.522. The predicted octanol–water partition coefficient (Wildman–Crippen LogP) is 7.22. The molecule has 1 aromatic carbocycles. The van der Waals surface area contributed by atoms with Gasteiger partial charge in [-0.1, -0.05) is 59.2 Å². The summed E-state index contributed by atoms with van der Waals surface area (Å²) < 4.78 is 27.6. The number of halogens is 2. The second-order valence-electron chi connectivity index (χ2n) is 9.53. The minimum absolute atomic E-state index is 0.0560. The molecule has 2 atom stereocenters. The molecule has 0 bridgehead atoms. The first-order chi connectivity index (χ1) is 12.6. The minimum atomic E-state index is -3.27. The van der Waals surface area contributed by atoms with E-state index in [0.717, 1.165) is 44.1 Å². The van der Waals surface area contributed by atoms with Gasteiger partial charge in [-0.15, -0.1) is 0 Å². The van der Waals surface area contributed by atoms with E-state index in [-0.39, 0.29) is 16.4 Å². The van der Waals surface area contributed by atoms with Gasteiger partial charge in [-0.25, -0.2) is 0 Å². The molecule has 0 saturated heterocycles. The van der Waals surface area contributed by atoms with Crippen molar-refractivity contribution in [3.8, 4) is 0 Å². The van der Waals surface area contributed by atoms with Gasteiger partial charge in [-0.05, 0) is 77.5 Å². The highest BCUT2D eigenvalue weighted by Gasteiger charge is 2.54. The topological polar surface area (TPSA) is 26.0 Å². The molecule has 0 heterocycles. The zero-order chi connectivity index (χ0) is 20.0. The lowest BCUT2D eigenvalue weighted by Gasteiger charge is -2.33. The molecule has 2 aliphatic rings. The van der Waals surface area contributed by atoms with E-state index < -0.39 is 6.05 Å². The summed E-state index contributed by atoms with van der Waals surface area (Å²) >= 11 is 0. The van der Waals surface area contributed by atoms with Crippen LogP contribution in [0, 0.1) is 16.7 Å². The summed E-state index contributed by atoms with van der Waals surface area (Å²) in [6.45, 7) is 11.4. The Labute approximate surface area is 163 Å². The third-order valence-corrected chi connectivity index (χ3v) is 7.17. The summed E-state index contributed by atoms with van der Waals surface area (Å²) in [6.07, 6.45) is 9.16. The number of benzene rings is 1. The van der Waals surface area contributed by atoms with Gasteiger partial charge in [-0.2, -0.15) is 8.78 Å². The van der Waals surface area contributed by atoms with E-state index in [4.69, 9.17) is 5.73 Å². The number of alkyl halides is 2. The summed E-state index contributed by atoms with van der Waals surface area (Å²) in [5.41, 5.74) is 9.10. The molecule has 0 aliphatic heterocycles. The van der Waals surface area contributed by atoms with E-state index in [1.165, 1.54) is 17.2 Å². The number of hydrogen-bond donors (Lipinski definition) is 1. The van der Waals surface area contributed by atoms with Crippen LogP contribution in [-0.2, 0) is 6.05 Å². The highest BCUT2D eigenvalue weighted by molar-refractivity contribution is 5.72. The molecule has 1 nitrogen and oxygen atoms in total. The standard InChI is InChI=1S/C24H35F2N/c1-6-11-22(4,5)14-16-15-23(7-2,8-3)21-13-20(21)19-12-17(24(25,26)27)9-10-18(16)19/h9-10,12,14,20-21H,6-8,11,13,15,27H2,1-5H3/b16-14+. The highest BCUT2D eigenvalue weighted by Crippen LogP contribution is 2.65. The number of hydrogen-bond acceptors (Lipinski definition) is 1. The number of rotatable bonds is 6. The fraction of sp³-hybridized carbons (Fsp3) is 0.667. The molecule has 27 heavy (non-hydrogen) atoms. The lowest BCUT2D eigenvalue weighted by atomic mass is 9.71. The van der Waals surface area contributed by atoms with Crippen LogP contribution in [0.25, 0.3) is 5.57 Å². The van der Waals surface area contributed by atoms with Crippen LogP contribution in [0.2, 0.25) is 0 Å². The Morgan fingerprint density at radius 3 is 2.41 bits per heavy atom. The zero-order valence-electron chi connectivity index (χ0n) is 17.5. The van der Waals surface area contributed by atoms with Crippen molar-refractivity contribution in [1.82, 2.24) is 0 Å². The second kappa shape index (κ2) is 6.99. The van der Waals surface area contributed by atoms with E-state index in [9.17, 15) is 8.78 Å². The molecule has 3 heteroatoms. The van der Waals surface area contributed by atoms with Crippen molar-refractivity contribution < 1.29 is 8.78 Å². The first-order valence-corrected chi connectivity index (χ1v) is 10.6. The Balaban J connectivity index is 2.15. The molecule has 150 valence electrons. The van der Waals surface area contributed by atoms with Crippen LogP contribution in [0.3, 0.4) is 0 Å². The summed E-state index contributed by atoms with van der Waals surface area (Å²) in [6, 6.07) is 1.86. The van der Waals surface area contributed by atoms with Gasteiger partial charge in [0.2, 0.25) is 0 Å². The lowest BCUT2D eigenvalue weighted by Crippen LogP contribution is -2.25. The van der Waals surface area contributed by atoms with Gasteiger partial charge in [0.05, 0.1) is 0 Å². The lowest BCUT2D eigenvalue weighted by molar-refractivity contribution is 0.00290. The van der Waals surface area contributed by atoms with Crippen LogP contribution in [0.5, 0.6) is 0 Å². The Kier molecular flexibility index (Phi) is 5.31. The summed E-state index contributed by atoms with van der Waals surface area (Å²) in [5.74, 6) is 1.01. The zero-order valence-corrected chi connectivity index (χ0v) is 17.5. The normalized spacial score (nSPS) is 25.7. The largest absolute Gasteiger partial charge is 0.326 e. The fourth-order valence-electron chi connectivity index (χ4n) is 5.53. The van der Waals surface area contributed by atoms with Crippen LogP contribution in [0.1, 0.15) is 95.8 Å².